The highest BCUT2D eigenvalue weighted by Crippen LogP contribution is 2.39. The Labute approximate surface area is 203 Å². The molecular weight excluding hydrogens is 452 g/mol. The first-order chi connectivity index (χ1) is 16.8. The predicted molar refractivity (Wildman–Crippen MR) is 128 cm³/mol. The Balaban J connectivity index is 1.51. The summed E-state index contributed by atoms with van der Waals surface area (Å²) in [6.45, 7) is 5.09. The lowest BCUT2D eigenvalue weighted by atomic mass is 10.0. The fourth-order valence-electron chi connectivity index (χ4n) is 5.27. The number of urea groups is 1. The number of hydrogen-bond acceptors (Lipinski definition) is 7. The number of imide groups is 1. The highest BCUT2D eigenvalue weighted by atomic mass is 16.5. The number of nitrogens with two attached hydrogens (primary N) is 1. The molecule has 186 valence electrons. The van der Waals surface area contributed by atoms with E-state index < -0.39 is 12.1 Å². The first-order valence-corrected chi connectivity index (χ1v) is 12.0. The van der Waals surface area contributed by atoms with Gasteiger partial charge >= 0.3 is 6.03 Å². The Morgan fingerprint density at radius 1 is 1.29 bits per heavy atom. The van der Waals surface area contributed by atoms with Crippen LogP contribution in [0.15, 0.2) is 24.4 Å². The number of rotatable bonds is 6. The zero-order chi connectivity index (χ0) is 24.9. The molecule has 0 bridgehead atoms. The molecule has 1 aromatic carbocycles. The number of nitrogens with zero attached hydrogens (tertiary/aromatic N) is 5. The minimum atomic E-state index is -0.688. The lowest BCUT2D eigenvalue weighted by molar-refractivity contribution is -0.128. The van der Waals surface area contributed by atoms with E-state index in [1.165, 1.54) is 4.90 Å². The van der Waals surface area contributed by atoms with Crippen LogP contribution in [0.4, 0.5) is 16.3 Å². The molecule has 11 heteroatoms. The summed E-state index contributed by atoms with van der Waals surface area (Å²) in [5.74, 6) is 0.870. The topological polar surface area (TPSA) is 134 Å². The van der Waals surface area contributed by atoms with Gasteiger partial charge in [0.1, 0.15) is 30.3 Å². The minimum absolute atomic E-state index is 0.0484. The van der Waals surface area contributed by atoms with Crippen molar-refractivity contribution in [3.63, 3.8) is 0 Å². The van der Waals surface area contributed by atoms with E-state index >= 15 is 0 Å². The van der Waals surface area contributed by atoms with Crippen molar-refractivity contribution in [1.29, 1.82) is 0 Å². The second-order valence-corrected chi connectivity index (χ2v) is 9.45. The van der Waals surface area contributed by atoms with Crippen LogP contribution in [0.2, 0.25) is 0 Å². The number of ether oxygens (including phenoxy) is 1. The van der Waals surface area contributed by atoms with E-state index in [9.17, 15) is 19.5 Å². The van der Waals surface area contributed by atoms with Gasteiger partial charge in [0, 0.05) is 24.5 Å². The van der Waals surface area contributed by atoms with Gasteiger partial charge < -0.3 is 25.0 Å². The maximum Gasteiger partial charge on any atom is 0.333 e. The summed E-state index contributed by atoms with van der Waals surface area (Å²) in [5.41, 5.74) is 7.23. The quantitative estimate of drug-likeness (QED) is 0.591. The van der Waals surface area contributed by atoms with Crippen LogP contribution in [0.25, 0.3) is 11.4 Å². The number of benzene rings is 1. The van der Waals surface area contributed by atoms with Gasteiger partial charge in [-0.2, -0.15) is 0 Å². The third-order valence-electron chi connectivity index (χ3n) is 6.91. The lowest BCUT2D eigenvalue weighted by Gasteiger charge is -2.25. The second-order valence-electron chi connectivity index (χ2n) is 9.45. The van der Waals surface area contributed by atoms with E-state index in [4.69, 9.17) is 15.5 Å². The molecular formula is C24H30N6O5. The van der Waals surface area contributed by atoms with Gasteiger partial charge in [0.25, 0.3) is 5.91 Å². The Kier molecular flexibility index (Phi) is 5.87. The molecule has 5 rings (SSSR count). The number of β-amino-alcohol motifs (C(OH)–C–C–N with tert-alkyl or cyclic N) is 1. The van der Waals surface area contributed by atoms with Crippen LogP contribution in [0.3, 0.4) is 0 Å². The SMILES string of the molecule is CC(C)C1C(=O)N(CCO)C(=O)N1c1cn2c(n1)-c1ccc(N3CCC[C@H]3C(N)=O)cc1OCC2. The van der Waals surface area contributed by atoms with Gasteiger partial charge in [-0.3, -0.25) is 19.4 Å². The Morgan fingerprint density at radius 2 is 2.09 bits per heavy atom. The molecule has 0 saturated carbocycles. The summed E-state index contributed by atoms with van der Waals surface area (Å²) < 4.78 is 7.95. The number of fused-ring (bicyclic) bond motifs is 3. The van der Waals surface area contributed by atoms with Crippen molar-refractivity contribution >= 4 is 29.4 Å². The van der Waals surface area contributed by atoms with E-state index in [0.29, 0.717) is 30.5 Å². The van der Waals surface area contributed by atoms with Crippen molar-refractivity contribution in [2.75, 3.05) is 36.1 Å². The number of imidazole rings is 1. The number of aromatic nitrogens is 2. The summed E-state index contributed by atoms with van der Waals surface area (Å²) in [5, 5.41) is 9.34. The van der Waals surface area contributed by atoms with Crippen LogP contribution in [-0.4, -0.2) is 75.8 Å². The molecule has 0 spiro atoms. The number of aliphatic hydroxyl groups excluding tert-OH is 1. The van der Waals surface area contributed by atoms with Crippen molar-refractivity contribution in [1.82, 2.24) is 14.5 Å². The van der Waals surface area contributed by atoms with Crippen molar-refractivity contribution in [2.24, 2.45) is 11.7 Å². The van der Waals surface area contributed by atoms with Gasteiger partial charge in [-0.05, 0) is 30.9 Å². The monoisotopic (exact) mass is 482 g/mol. The molecule has 0 radical (unpaired) electrons. The maximum atomic E-state index is 13.1. The highest BCUT2D eigenvalue weighted by Gasteiger charge is 2.48. The van der Waals surface area contributed by atoms with Gasteiger partial charge in [0.15, 0.2) is 5.82 Å². The van der Waals surface area contributed by atoms with E-state index in [-0.39, 0.29) is 36.9 Å². The number of hydrogen-bond donors (Lipinski definition) is 2. The number of carbonyl (C=O) groups excluding carboxylic acids is 3. The van der Waals surface area contributed by atoms with Crippen molar-refractivity contribution in [3.8, 4) is 17.1 Å². The van der Waals surface area contributed by atoms with Gasteiger partial charge in [-0.25, -0.2) is 9.78 Å². The van der Waals surface area contributed by atoms with Crippen LogP contribution in [-0.2, 0) is 16.1 Å². The average molecular weight is 483 g/mol. The Morgan fingerprint density at radius 3 is 2.80 bits per heavy atom. The molecule has 2 aromatic rings. The molecule has 2 saturated heterocycles. The summed E-state index contributed by atoms with van der Waals surface area (Å²) >= 11 is 0. The molecule has 1 unspecified atom stereocenters. The molecule has 4 heterocycles. The molecule has 4 amide bonds. The smallest absolute Gasteiger partial charge is 0.333 e. The van der Waals surface area contributed by atoms with Crippen LogP contribution in [0.5, 0.6) is 5.75 Å². The number of aliphatic hydroxyl groups is 1. The minimum Gasteiger partial charge on any atom is -0.491 e. The van der Waals surface area contributed by atoms with Gasteiger partial charge in [0.05, 0.1) is 25.3 Å². The molecule has 3 aliphatic heterocycles. The number of amides is 4. The molecule has 0 aliphatic carbocycles. The summed E-state index contributed by atoms with van der Waals surface area (Å²) in [6, 6.07) is 4.25. The van der Waals surface area contributed by atoms with Crippen molar-refractivity contribution < 1.29 is 24.2 Å². The summed E-state index contributed by atoms with van der Waals surface area (Å²) in [7, 11) is 0. The van der Waals surface area contributed by atoms with E-state index in [1.54, 1.807) is 6.20 Å². The van der Waals surface area contributed by atoms with Crippen molar-refractivity contribution in [3.05, 3.63) is 24.4 Å². The average Bonchev–Trinajstić information content (AvgIpc) is 3.50. The Bertz CT molecular complexity index is 1180. The molecule has 1 aromatic heterocycles. The van der Waals surface area contributed by atoms with Gasteiger partial charge in [-0.1, -0.05) is 13.8 Å². The second kappa shape index (κ2) is 8.88. The molecule has 2 atom stereocenters. The first-order valence-electron chi connectivity index (χ1n) is 12.0. The van der Waals surface area contributed by atoms with E-state index in [1.807, 2.05) is 41.5 Å². The fourth-order valence-corrected chi connectivity index (χ4v) is 5.27. The largest absolute Gasteiger partial charge is 0.491 e. The highest BCUT2D eigenvalue weighted by molar-refractivity contribution is 6.14. The van der Waals surface area contributed by atoms with Gasteiger partial charge in [0.2, 0.25) is 5.91 Å². The lowest BCUT2D eigenvalue weighted by Crippen LogP contribution is -2.40. The predicted octanol–water partition coefficient (Wildman–Crippen LogP) is 1.18. The number of carbonyl (C=O) groups is 3. The third-order valence-corrected chi connectivity index (χ3v) is 6.91. The zero-order valence-electron chi connectivity index (χ0n) is 19.9. The van der Waals surface area contributed by atoms with Crippen LogP contribution < -0.4 is 20.3 Å². The molecule has 3 N–H and O–H groups in total. The molecule has 35 heavy (non-hydrogen) atoms. The molecule has 3 aliphatic rings. The van der Waals surface area contributed by atoms with Crippen LogP contribution in [0.1, 0.15) is 26.7 Å². The standard InChI is InChI=1S/C24H30N6O5/c1-14(2)20-23(33)29(8-10-31)24(34)30(20)19-13-27-9-11-35-18-12-15(5-6-16(18)22(27)26-19)28-7-3-4-17(28)21(25)32/h5-6,12-14,17,20,31H,3-4,7-11H2,1-2H3,(H2,25,32)/t17-,20?/m0/s1. The number of anilines is 2. The van der Waals surface area contributed by atoms with Crippen molar-refractivity contribution in [2.45, 2.75) is 45.3 Å². The normalized spacial score (nSPS) is 21.9. The van der Waals surface area contributed by atoms with Gasteiger partial charge in [-0.15, -0.1) is 0 Å². The molecule has 11 nitrogen and oxygen atoms in total. The third kappa shape index (κ3) is 3.79. The zero-order valence-corrected chi connectivity index (χ0v) is 19.9. The molecule has 2 fully saturated rings. The van der Waals surface area contributed by atoms with Crippen LogP contribution in [0, 0.1) is 5.92 Å². The van der Waals surface area contributed by atoms with E-state index in [0.717, 1.165) is 35.5 Å². The van der Waals surface area contributed by atoms with E-state index in [2.05, 4.69) is 0 Å². The maximum absolute atomic E-state index is 13.1. The Hall–Kier alpha value is -3.60. The van der Waals surface area contributed by atoms with Crippen LogP contribution >= 0.6 is 0 Å². The summed E-state index contributed by atoms with van der Waals surface area (Å²) in [4.78, 5) is 47.2. The fraction of sp³-hybridized carbons (Fsp3) is 0.500. The summed E-state index contributed by atoms with van der Waals surface area (Å²) in [6.07, 6.45) is 3.40. The first kappa shape index (κ1) is 23.2. The number of primary amides is 1.